The largest absolute Gasteiger partial charge is 0.497 e. The van der Waals surface area contributed by atoms with Crippen LogP contribution in [-0.4, -0.2) is 60.0 Å². The van der Waals surface area contributed by atoms with E-state index in [1.54, 1.807) is 25.1 Å². The van der Waals surface area contributed by atoms with Gasteiger partial charge in [-0.2, -0.15) is 0 Å². The molecule has 0 spiro atoms. The molecule has 2 aromatic carbocycles. The van der Waals surface area contributed by atoms with E-state index in [1.165, 1.54) is 12.8 Å². The standard InChI is InChI=1S/C17H17N5O2.C10H11NO2/c23-15-14(20-17(24)21-15)12-5-3-11(4-6-12)13-9-18-16(19-10-13)22-7-1-2-8-22;1-11-6-7-3-4-8(13-2)5-9(7)10(11)12/h3-6,9-10,14H,1-2,7-8H2,(H2,20,21,23,24);3-5H,6H2,1-2H3. The Morgan fingerprint density at radius 2 is 1.65 bits per heavy atom. The molecule has 10 nitrogen and oxygen atoms in total. The number of methoxy groups -OCH3 is 1. The number of carbonyl (C=O) groups excluding carboxylic acids is 3. The molecule has 4 amide bonds. The number of urea groups is 1. The first-order chi connectivity index (χ1) is 17.9. The van der Waals surface area contributed by atoms with Crippen LogP contribution in [0.4, 0.5) is 10.7 Å². The lowest BCUT2D eigenvalue weighted by atomic mass is 10.0. The number of aromatic nitrogens is 2. The van der Waals surface area contributed by atoms with Gasteiger partial charge in [0.1, 0.15) is 11.8 Å². The average Bonchev–Trinajstić information content (AvgIpc) is 3.64. The Hall–Kier alpha value is -4.47. The lowest BCUT2D eigenvalue weighted by Gasteiger charge is -2.14. The average molecular weight is 501 g/mol. The minimum Gasteiger partial charge on any atom is -0.497 e. The molecule has 2 N–H and O–H groups in total. The summed E-state index contributed by atoms with van der Waals surface area (Å²) in [6.07, 6.45) is 6.02. The maximum Gasteiger partial charge on any atom is 0.322 e. The number of fused-ring (bicyclic) bond motifs is 1. The molecule has 1 aromatic heterocycles. The molecule has 0 bridgehead atoms. The monoisotopic (exact) mass is 500 g/mol. The highest BCUT2D eigenvalue weighted by atomic mass is 16.5. The van der Waals surface area contributed by atoms with Crippen LogP contribution < -0.4 is 20.3 Å². The van der Waals surface area contributed by atoms with Crippen molar-refractivity contribution in [1.82, 2.24) is 25.5 Å². The summed E-state index contributed by atoms with van der Waals surface area (Å²) in [6, 6.07) is 12.0. The molecular weight excluding hydrogens is 472 g/mol. The first kappa shape index (κ1) is 24.2. The smallest absolute Gasteiger partial charge is 0.322 e. The van der Waals surface area contributed by atoms with E-state index in [9.17, 15) is 14.4 Å². The summed E-state index contributed by atoms with van der Waals surface area (Å²) in [5.41, 5.74) is 4.48. The quantitative estimate of drug-likeness (QED) is 0.529. The lowest BCUT2D eigenvalue weighted by Crippen LogP contribution is -2.22. The van der Waals surface area contributed by atoms with E-state index in [0.29, 0.717) is 6.54 Å². The van der Waals surface area contributed by atoms with Crippen molar-refractivity contribution in [3.63, 3.8) is 0 Å². The lowest BCUT2D eigenvalue weighted by molar-refractivity contribution is -0.120. The second-order valence-corrected chi connectivity index (χ2v) is 9.17. The van der Waals surface area contributed by atoms with Crippen LogP contribution in [-0.2, 0) is 11.3 Å². The van der Waals surface area contributed by atoms with E-state index >= 15 is 0 Å². The number of nitrogens with zero attached hydrogens (tertiary/aromatic N) is 4. The molecule has 0 aliphatic carbocycles. The third-order valence-electron chi connectivity index (χ3n) is 6.68. The summed E-state index contributed by atoms with van der Waals surface area (Å²) in [7, 11) is 3.40. The summed E-state index contributed by atoms with van der Waals surface area (Å²) in [5.74, 6) is 1.26. The minimum absolute atomic E-state index is 0.0777. The van der Waals surface area contributed by atoms with E-state index in [1.807, 2.05) is 48.8 Å². The van der Waals surface area contributed by atoms with Gasteiger partial charge >= 0.3 is 6.03 Å². The third-order valence-corrected chi connectivity index (χ3v) is 6.68. The Morgan fingerprint density at radius 1 is 0.946 bits per heavy atom. The number of hydrogen-bond donors (Lipinski definition) is 2. The molecule has 2 fully saturated rings. The number of ether oxygens (including phenoxy) is 1. The molecule has 0 saturated carbocycles. The Kier molecular flexibility index (Phi) is 6.72. The van der Waals surface area contributed by atoms with Gasteiger partial charge in [0.05, 0.1) is 7.11 Å². The zero-order valence-electron chi connectivity index (χ0n) is 20.7. The molecule has 190 valence electrons. The van der Waals surface area contributed by atoms with Crippen LogP contribution in [0.5, 0.6) is 5.75 Å². The second-order valence-electron chi connectivity index (χ2n) is 9.17. The van der Waals surface area contributed by atoms with Crippen molar-refractivity contribution >= 4 is 23.8 Å². The summed E-state index contributed by atoms with van der Waals surface area (Å²) in [6.45, 7) is 2.74. The fourth-order valence-electron chi connectivity index (χ4n) is 4.62. The maximum absolute atomic E-state index is 11.7. The minimum atomic E-state index is -0.625. The predicted molar refractivity (Wildman–Crippen MR) is 137 cm³/mol. The van der Waals surface area contributed by atoms with Crippen molar-refractivity contribution in [2.45, 2.75) is 25.4 Å². The Labute approximate surface area is 214 Å². The van der Waals surface area contributed by atoms with Crippen molar-refractivity contribution < 1.29 is 19.1 Å². The van der Waals surface area contributed by atoms with Gasteiger partial charge in [-0.15, -0.1) is 0 Å². The topological polar surface area (TPSA) is 117 Å². The Morgan fingerprint density at radius 3 is 2.27 bits per heavy atom. The number of anilines is 1. The van der Waals surface area contributed by atoms with E-state index in [2.05, 4.69) is 25.5 Å². The zero-order valence-corrected chi connectivity index (χ0v) is 20.7. The van der Waals surface area contributed by atoms with Gasteiger partial charge < -0.3 is 19.9 Å². The molecule has 0 radical (unpaired) electrons. The number of amides is 4. The molecule has 2 saturated heterocycles. The molecule has 37 heavy (non-hydrogen) atoms. The fraction of sp³-hybridized carbons (Fsp3) is 0.296. The SMILES string of the molecule is COc1ccc2c(c1)C(=O)N(C)C2.O=C1NC(=O)C(c2ccc(-c3cnc(N4CCCC4)nc3)cc2)N1. The van der Waals surface area contributed by atoms with Crippen molar-refractivity contribution in [3.8, 4) is 16.9 Å². The maximum atomic E-state index is 11.7. The van der Waals surface area contributed by atoms with Crippen molar-refractivity contribution in [3.05, 3.63) is 71.5 Å². The van der Waals surface area contributed by atoms with E-state index in [-0.39, 0.29) is 11.8 Å². The molecule has 3 aliphatic rings. The van der Waals surface area contributed by atoms with Gasteiger partial charge in [-0.05, 0) is 41.7 Å². The molecule has 10 heteroatoms. The van der Waals surface area contributed by atoms with Gasteiger partial charge in [-0.1, -0.05) is 30.3 Å². The van der Waals surface area contributed by atoms with Crippen LogP contribution in [0.25, 0.3) is 11.1 Å². The molecular formula is C27H28N6O4. The Balaban J connectivity index is 0.000000182. The first-order valence-corrected chi connectivity index (χ1v) is 12.1. The fourth-order valence-corrected chi connectivity index (χ4v) is 4.62. The molecule has 3 aliphatic heterocycles. The van der Waals surface area contributed by atoms with Gasteiger partial charge in [-0.3, -0.25) is 14.9 Å². The van der Waals surface area contributed by atoms with Crippen LogP contribution in [0.3, 0.4) is 0 Å². The highest BCUT2D eigenvalue weighted by molar-refractivity contribution is 6.04. The van der Waals surface area contributed by atoms with E-state index in [0.717, 1.165) is 52.6 Å². The van der Waals surface area contributed by atoms with Gasteiger partial charge in [0.2, 0.25) is 5.95 Å². The molecule has 3 aromatic rings. The van der Waals surface area contributed by atoms with Crippen LogP contribution in [0.15, 0.2) is 54.9 Å². The summed E-state index contributed by atoms with van der Waals surface area (Å²) in [5, 5.41) is 4.82. The summed E-state index contributed by atoms with van der Waals surface area (Å²) in [4.78, 5) is 47.2. The number of benzene rings is 2. The number of rotatable bonds is 4. The predicted octanol–water partition coefficient (Wildman–Crippen LogP) is 2.91. The van der Waals surface area contributed by atoms with Gasteiger partial charge in [0.25, 0.3) is 11.8 Å². The van der Waals surface area contributed by atoms with Crippen LogP contribution in [0.1, 0.15) is 40.4 Å². The summed E-state index contributed by atoms with van der Waals surface area (Å²) < 4.78 is 5.05. The van der Waals surface area contributed by atoms with E-state index < -0.39 is 12.1 Å². The molecule has 1 atom stereocenters. The van der Waals surface area contributed by atoms with Gasteiger partial charge in [0.15, 0.2) is 0 Å². The van der Waals surface area contributed by atoms with Gasteiger partial charge in [-0.25, -0.2) is 14.8 Å². The number of carbonyl (C=O) groups is 3. The highest BCUT2D eigenvalue weighted by Crippen LogP contribution is 2.26. The van der Waals surface area contributed by atoms with Crippen molar-refractivity contribution in [1.29, 1.82) is 0 Å². The number of hydrogen-bond acceptors (Lipinski definition) is 7. The van der Waals surface area contributed by atoms with Gasteiger partial charge in [0, 0.05) is 50.2 Å². The number of imide groups is 1. The molecule has 1 unspecified atom stereocenters. The Bertz CT molecular complexity index is 1320. The summed E-state index contributed by atoms with van der Waals surface area (Å²) >= 11 is 0. The zero-order chi connectivity index (χ0) is 25.9. The third kappa shape index (κ3) is 5.09. The van der Waals surface area contributed by atoms with E-state index in [4.69, 9.17) is 4.74 Å². The molecule has 6 rings (SSSR count). The second kappa shape index (κ2) is 10.3. The normalized spacial score (nSPS) is 18.2. The van der Waals surface area contributed by atoms with Crippen LogP contribution in [0.2, 0.25) is 0 Å². The van der Waals surface area contributed by atoms with Crippen LogP contribution >= 0.6 is 0 Å². The van der Waals surface area contributed by atoms with Crippen molar-refractivity contribution in [2.24, 2.45) is 0 Å². The molecule has 4 heterocycles. The first-order valence-electron chi connectivity index (χ1n) is 12.1. The van der Waals surface area contributed by atoms with Crippen LogP contribution in [0, 0.1) is 0 Å². The number of nitrogens with one attached hydrogen (secondary N) is 2. The highest BCUT2D eigenvalue weighted by Gasteiger charge is 2.30. The van der Waals surface area contributed by atoms with Crippen molar-refractivity contribution in [2.75, 3.05) is 32.1 Å².